The summed E-state index contributed by atoms with van der Waals surface area (Å²) < 4.78 is 7.38. The van der Waals surface area contributed by atoms with Gasteiger partial charge >= 0.3 is 0 Å². The standard InChI is InChI=1S/C13H22N2O2/c1-3-11-8-12(15(4-2)14-11)9-13(16)6-5-7-17-10-13/h8,16H,3-7,9-10H2,1-2H3. The second-order valence-electron chi connectivity index (χ2n) is 4.85. The zero-order valence-corrected chi connectivity index (χ0v) is 10.8. The molecule has 1 fully saturated rings. The molecule has 1 aromatic heterocycles. The highest BCUT2D eigenvalue weighted by Crippen LogP contribution is 2.24. The topological polar surface area (TPSA) is 47.3 Å². The normalized spacial score (nSPS) is 25.1. The Bertz CT molecular complexity index is 367. The molecule has 0 aliphatic carbocycles. The van der Waals surface area contributed by atoms with Crippen molar-refractivity contribution in [1.82, 2.24) is 9.78 Å². The third-order valence-electron chi connectivity index (χ3n) is 3.39. The van der Waals surface area contributed by atoms with Crippen molar-refractivity contribution in [3.05, 3.63) is 17.5 Å². The summed E-state index contributed by atoms with van der Waals surface area (Å²) in [5.74, 6) is 0. The largest absolute Gasteiger partial charge is 0.387 e. The van der Waals surface area contributed by atoms with Gasteiger partial charge in [0, 0.05) is 25.3 Å². The minimum atomic E-state index is -0.698. The number of aryl methyl sites for hydroxylation is 2. The average molecular weight is 238 g/mol. The Labute approximate surface area is 103 Å². The highest BCUT2D eigenvalue weighted by molar-refractivity contribution is 5.13. The molecule has 96 valence electrons. The fraction of sp³-hybridized carbons (Fsp3) is 0.769. The van der Waals surface area contributed by atoms with E-state index in [4.69, 9.17) is 4.74 Å². The van der Waals surface area contributed by atoms with Gasteiger partial charge in [0.25, 0.3) is 0 Å². The van der Waals surface area contributed by atoms with Crippen molar-refractivity contribution in [3.8, 4) is 0 Å². The highest BCUT2D eigenvalue weighted by Gasteiger charge is 2.31. The van der Waals surface area contributed by atoms with Crippen LogP contribution in [0.1, 0.15) is 38.1 Å². The summed E-state index contributed by atoms with van der Waals surface area (Å²) in [5, 5.41) is 15.0. The predicted octanol–water partition coefficient (Wildman–Crippen LogP) is 1.55. The molecule has 1 aliphatic rings. The van der Waals surface area contributed by atoms with Crippen LogP contribution in [0.5, 0.6) is 0 Å². The first-order chi connectivity index (χ1) is 8.17. The molecule has 0 radical (unpaired) electrons. The van der Waals surface area contributed by atoms with Crippen molar-refractivity contribution in [2.45, 2.75) is 51.7 Å². The summed E-state index contributed by atoms with van der Waals surface area (Å²) >= 11 is 0. The Balaban J connectivity index is 2.13. The summed E-state index contributed by atoms with van der Waals surface area (Å²) in [7, 11) is 0. The van der Waals surface area contributed by atoms with E-state index >= 15 is 0 Å². The molecule has 0 aromatic carbocycles. The van der Waals surface area contributed by atoms with E-state index in [9.17, 15) is 5.11 Å². The van der Waals surface area contributed by atoms with Gasteiger partial charge in [0.1, 0.15) is 0 Å². The fourth-order valence-corrected chi connectivity index (χ4v) is 2.42. The Morgan fingerprint density at radius 1 is 1.53 bits per heavy atom. The maximum atomic E-state index is 10.5. The molecular formula is C13H22N2O2. The molecule has 0 saturated carbocycles. The lowest BCUT2D eigenvalue weighted by molar-refractivity contribution is -0.0854. The highest BCUT2D eigenvalue weighted by atomic mass is 16.5. The molecule has 0 bridgehead atoms. The molecule has 4 nitrogen and oxygen atoms in total. The van der Waals surface area contributed by atoms with Crippen LogP contribution in [0.4, 0.5) is 0 Å². The van der Waals surface area contributed by atoms with E-state index in [1.165, 1.54) is 0 Å². The van der Waals surface area contributed by atoms with Crippen molar-refractivity contribution in [2.75, 3.05) is 13.2 Å². The van der Waals surface area contributed by atoms with Gasteiger partial charge in [0.05, 0.1) is 17.9 Å². The van der Waals surface area contributed by atoms with Gasteiger partial charge in [-0.3, -0.25) is 4.68 Å². The molecule has 1 N–H and O–H groups in total. The Kier molecular flexibility index (Phi) is 3.84. The lowest BCUT2D eigenvalue weighted by Gasteiger charge is -2.31. The van der Waals surface area contributed by atoms with Crippen LogP contribution < -0.4 is 0 Å². The van der Waals surface area contributed by atoms with Crippen LogP contribution in [0.25, 0.3) is 0 Å². The number of hydrogen-bond acceptors (Lipinski definition) is 3. The van der Waals surface area contributed by atoms with Gasteiger partial charge in [0.15, 0.2) is 0 Å². The monoisotopic (exact) mass is 238 g/mol. The van der Waals surface area contributed by atoms with Crippen molar-refractivity contribution in [3.63, 3.8) is 0 Å². The zero-order valence-electron chi connectivity index (χ0n) is 10.8. The number of aliphatic hydroxyl groups is 1. The van der Waals surface area contributed by atoms with Gasteiger partial charge in [-0.05, 0) is 32.3 Å². The molecule has 4 heteroatoms. The first kappa shape index (κ1) is 12.6. The molecule has 2 heterocycles. The van der Waals surface area contributed by atoms with E-state index in [1.54, 1.807) is 0 Å². The fourth-order valence-electron chi connectivity index (χ4n) is 2.42. The molecular weight excluding hydrogens is 216 g/mol. The maximum Gasteiger partial charge on any atom is 0.0935 e. The Morgan fingerprint density at radius 2 is 2.35 bits per heavy atom. The number of ether oxygens (including phenoxy) is 1. The maximum absolute atomic E-state index is 10.5. The van der Waals surface area contributed by atoms with Gasteiger partial charge in [-0.1, -0.05) is 6.92 Å². The smallest absolute Gasteiger partial charge is 0.0935 e. The Morgan fingerprint density at radius 3 is 2.94 bits per heavy atom. The SMILES string of the molecule is CCc1cc(CC2(O)CCCOC2)n(CC)n1. The molecule has 0 spiro atoms. The predicted molar refractivity (Wildman–Crippen MR) is 66.0 cm³/mol. The van der Waals surface area contributed by atoms with Gasteiger partial charge < -0.3 is 9.84 Å². The van der Waals surface area contributed by atoms with Crippen molar-refractivity contribution < 1.29 is 9.84 Å². The third kappa shape index (κ3) is 2.87. The number of nitrogens with zero attached hydrogens (tertiary/aromatic N) is 2. The molecule has 1 aromatic rings. The van der Waals surface area contributed by atoms with Crippen molar-refractivity contribution >= 4 is 0 Å². The Hall–Kier alpha value is -0.870. The van der Waals surface area contributed by atoms with E-state index in [-0.39, 0.29) is 0 Å². The van der Waals surface area contributed by atoms with Gasteiger partial charge in [-0.25, -0.2) is 0 Å². The van der Waals surface area contributed by atoms with E-state index in [1.807, 2.05) is 4.68 Å². The number of hydrogen-bond donors (Lipinski definition) is 1. The third-order valence-corrected chi connectivity index (χ3v) is 3.39. The van der Waals surface area contributed by atoms with Crippen LogP contribution in [0.3, 0.4) is 0 Å². The molecule has 1 aliphatic heterocycles. The molecule has 1 saturated heterocycles. The summed E-state index contributed by atoms with van der Waals surface area (Å²) in [6, 6.07) is 2.11. The van der Waals surface area contributed by atoms with E-state index in [0.29, 0.717) is 13.0 Å². The van der Waals surface area contributed by atoms with Crippen LogP contribution in [-0.4, -0.2) is 33.7 Å². The average Bonchev–Trinajstić information content (AvgIpc) is 2.71. The lowest BCUT2D eigenvalue weighted by atomic mass is 9.91. The van der Waals surface area contributed by atoms with E-state index in [0.717, 1.165) is 43.8 Å². The molecule has 1 unspecified atom stereocenters. The molecule has 0 amide bonds. The minimum Gasteiger partial charge on any atom is -0.387 e. The number of aromatic nitrogens is 2. The van der Waals surface area contributed by atoms with Crippen LogP contribution in [-0.2, 0) is 24.1 Å². The van der Waals surface area contributed by atoms with E-state index in [2.05, 4.69) is 25.0 Å². The van der Waals surface area contributed by atoms with Crippen molar-refractivity contribution in [2.24, 2.45) is 0 Å². The first-order valence-corrected chi connectivity index (χ1v) is 6.52. The summed E-state index contributed by atoms with van der Waals surface area (Å²) in [4.78, 5) is 0. The van der Waals surface area contributed by atoms with Crippen LogP contribution in [0, 0.1) is 0 Å². The first-order valence-electron chi connectivity index (χ1n) is 6.52. The second kappa shape index (κ2) is 5.19. The van der Waals surface area contributed by atoms with Gasteiger partial charge in [-0.15, -0.1) is 0 Å². The summed E-state index contributed by atoms with van der Waals surface area (Å²) in [5.41, 5.74) is 1.52. The molecule has 2 rings (SSSR count). The quantitative estimate of drug-likeness (QED) is 0.865. The van der Waals surface area contributed by atoms with Crippen LogP contribution >= 0.6 is 0 Å². The van der Waals surface area contributed by atoms with E-state index < -0.39 is 5.60 Å². The zero-order chi connectivity index (χ0) is 12.3. The van der Waals surface area contributed by atoms with Gasteiger partial charge in [-0.2, -0.15) is 5.10 Å². The summed E-state index contributed by atoms with van der Waals surface area (Å²) in [6.45, 7) is 6.26. The van der Waals surface area contributed by atoms with Crippen LogP contribution in [0.15, 0.2) is 6.07 Å². The summed E-state index contributed by atoms with van der Waals surface area (Å²) in [6.07, 6.45) is 3.35. The molecule has 17 heavy (non-hydrogen) atoms. The van der Waals surface area contributed by atoms with Gasteiger partial charge in [0.2, 0.25) is 0 Å². The molecule has 1 atom stereocenters. The van der Waals surface area contributed by atoms with Crippen molar-refractivity contribution in [1.29, 1.82) is 0 Å². The lowest BCUT2D eigenvalue weighted by Crippen LogP contribution is -2.41. The second-order valence-corrected chi connectivity index (χ2v) is 4.85. The minimum absolute atomic E-state index is 0.448. The van der Waals surface area contributed by atoms with Crippen LogP contribution in [0.2, 0.25) is 0 Å². The number of rotatable bonds is 4.